The van der Waals surface area contributed by atoms with Gasteiger partial charge in [-0.15, -0.1) is 11.3 Å². The summed E-state index contributed by atoms with van der Waals surface area (Å²) >= 11 is 0.973. The van der Waals surface area contributed by atoms with Crippen molar-refractivity contribution in [3.63, 3.8) is 0 Å². The third-order valence-electron chi connectivity index (χ3n) is 5.95. The molecule has 0 radical (unpaired) electrons. The SMILES string of the molecule is CCOC(=O)c1sc(NC(=O)c2cc(-c3ccc(OC)c(OC)c3)nc3ccccc23)c(C(=O)OCC)c1C. The quantitative estimate of drug-likeness (QED) is 0.258. The lowest BCUT2D eigenvalue weighted by Gasteiger charge is -2.13. The molecule has 4 rings (SSSR count). The number of ether oxygens (including phenoxy) is 4. The van der Waals surface area contributed by atoms with E-state index in [0.29, 0.717) is 39.2 Å². The zero-order chi connectivity index (χ0) is 28.1. The summed E-state index contributed by atoms with van der Waals surface area (Å²) in [5, 5.41) is 3.66. The molecule has 0 aliphatic heterocycles. The monoisotopic (exact) mass is 548 g/mol. The van der Waals surface area contributed by atoms with Crippen molar-refractivity contribution in [1.29, 1.82) is 0 Å². The van der Waals surface area contributed by atoms with Crippen LogP contribution in [0.5, 0.6) is 11.5 Å². The Balaban J connectivity index is 1.81. The van der Waals surface area contributed by atoms with Crippen LogP contribution in [-0.2, 0) is 9.47 Å². The molecule has 10 heteroatoms. The molecule has 202 valence electrons. The van der Waals surface area contributed by atoms with Gasteiger partial charge in [0.1, 0.15) is 9.88 Å². The fraction of sp³-hybridized carbons (Fsp3) is 0.241. The van der Waals surface area contributed by atoms with E-state index in [1.54, 1.807) is 59.3 Å². The summed E-state index contributed by atoms with van der Waals surface area (Å²) in [4.78, 5) is 44.1. The molecule has 2 aromatic heterocycles. The van der Waals surface area contributed by atoms with Crippen molar-refractivity contribution >= 4 is 45.1 Å². The van der Waals surface area contributed by atoms with Crippen LogP contribution < -0.4 is 14.8 Å². The number of esters is 2. The maximum atomic E-state index is 13.7. The van der Waals surface area contributed by atoms with Gasteiger partial charge in [-0.1, -0.05) is 18.2 Å². The number of fused-ring (bicyclic) bond motifs is 1. The van der Waals surface area contributed by atoms with Gasteiger partial charge in [-0.3, -0.25) is 4.79 Å². The van der Waals surface area contributed by atoms with Crippen LogP contribution in [0.3, 0.4) is 0 Å². The molecule has 1 N–H and O–H groups in total. The highest BCUT2D eigenvalue weighted by atomic mass is 32.1. The number of pyridine rings is 1. The molecule has 0 unspecified atom stereocenters. The first-order valence-electron chi connectivity index (χ1n) is 12.2. The number of thiophene rings is 1. The largest absolute Gasteiger partial charge is 0.493 e. The first kappa shape index (κ1) is 27.6. The van der Waals surface area contributed by atoms with Crippen LogP contribution in [0.15, 0.2) is 48.5 Å². The lowest BCUT2D eigenvalue weighted by molar-refractivity contribution is 0.0527. The molecule has 0 aliphatic carbocycles. The molecule has 0 saturated heterocycles. The Labute approximate surface area is 229 Å². The van der Waals surface area contributed by atoms with Gasteiger partial charge in [0.25, 0.3) is 5.91 Å². The van der Waals surface area contributed by atoms with E-state index in [-0.39, 0.29) is 28.7 Å². The van der Waals surface area contributed by atoms with Crippen LogP contribution in [0.2, 0.25) is 0 Å². The number of anilines is 1. The van der Waals surface area contributed by atoms with Crippen molar-refractivity contribution in [2.45, 2.75) is 20.8 Å². The van der Waals surface area contributed by atoms with E-state index in [4.69, 9.17) is 23.9 Å². The van der Waals surface area contributed by atoms with Crippen LogP contribution in [0.25, 0.3) is 22.2 Å². The first-order chi connectivity index (χ1) is 18.8. The molecular formula is C29H28N2O7S. The van der Waals surface area contributed by atoms with Gasteiger partial charge >= 0.3 is 11.9 Å². The number of para-hydroxylation sites is 1. The van der Waals surface area contributed by atoms with Gasteiger partial charge < -0.3 is 24.3 Å². The zero-order valence-electron chi connectivity index (χ0n) is 22.2. The van der Waals surface area contributed by atoms with Crippen molar-refractivity contribution < 1.29 is 33.3 Å². The Morgan fingerprint density at radius 3 is 2.28 bits per heavy atom. The summed E-state index contributed by atoms with van der Waals surface area (Å²) in [6.07, 6.45) is 0. The smallest absolute Gasteiger partial charge is 0.348 e. The molecule has 0 bridgehead atoms. The predicted octanol–water partition coefficient (Wildman–Crippen LogP) is 5.89. The summed E-state index contributed by atoms with van der Waals surface area (Å²) in [6, 6.07) is 14.3. The normalized spacial score (nSPS) is 10.7. The third kappa shape index (κ3) is 5.56. The number of carbonyl (C=O) groups excluding carboxylic acids is 3. The van der Waals surface area contributed by atoms with Gasteiger partial charge in [0.15, 0.2) is 11.5 Å². The Hall–Kier alpha value is -4.44. The standard InChI is InChI=1S/C29H28N2O7S/c1-6-37-28(33)24-16(3)25(29(34)38-7-2)39-27(24)31-26(32)19-15-21(30-20-11-9-8-10-18(19)20)17-12-13-22(35-4)23(14-17)36-5/h8-15H,6-7H2,1-5H3,(H,31,32). The molecular weight excluding hydrogens is 520 g/mol. The lowest BCUT2D eigenvalue weighted by Crippen LogP contribution is -2.15. The van der Waals surface area contributed by atoms with E-state index in [1.165, 1.54) is 0 Å². The first-order valence-corrected chi connectivity index (χ1v) is 13.1. The number of aromatic nitrogens is 1. The fourth-order valence-electron chi connectivity index (χ4n) is 4.12. The number of nitrogens with one attached hydrogen (secondary N) is 1. The summed E-state index contributed by atoms with van der Waals surface area (Å²) in [7, 11) is 3.10. The fourth-order valence-corrected chi connectivity index (χ4v) is 5.20. The molecule has 0 atom stereocenters. The van der Waals surface area contributed by atoms with Crippen LogP contribution >= 0.6 is 11.3 Å². The summed E-state index contributed by atoms with van der Waals surface area (Å²) < 4.78 is 21.1. The lowest BCUT2D eigenvalue weighted by atomic mass is 10.0. The highest BCUT2D eigenvalue weighted by Crippen LogP contribution is 2.36. The second-order valence-electron chi connectivity index (χ2n) is 8.30. The van der Waals surface area contributed by atoms with Gasteiger partial charge in [0, 0.05) is 10.9 Å². The van der Waals surface area contributed by atoms with Crippen LogP contribution in [0, 0.1) is 6.92 Å². The molecule has 0 saturated carbocycles. The highest BCUT2D eigenvalue weighted by molar-refractivity contribution is 7.18. The van der Waals surface area contributed by atoms with Crippen LogP contribution in [-0.4, -0.2) is 50.3 Å². The second-order valence-corrected chi connectivity index (χ2v) is 9.32. The minimum absolute atomic E-state index is 0.122. The Morgan fingerprint density at radius 1 is 0.897 bits per heavy atom. The average Bonchev–Trinajstić information content (AvgIpc) is 3.27. The Bertz CT molecular complexity index is 1560. The van der Waals surface area contributed by atoms with Crippen molar-refractivity contribution in [2.75, 3.05) is 32.8 Å². The predicted molar refractivity (Wildman–Crippen MR) is 149 cm³/mol. The Kier molecular flexibility index (Phi) is 8.46. The van der Waals surface area contributed by atoms with Gasteiger partial charge in [0.05, 0.1) is 49.8 Å². The van der Waals surface area contributed by atoms with E-state index in [9.17, 15) is 14.4 Å². The maximum Gasteiger partial charge on any atom is 0.348 e. The minimum Gasteiger partial charge on any atom is -0.493 e. The number of carbonyl (C=O) groups is 3. The molecule has 4 aromatic rings. The summed E-state index contributed by atoms with van der Waals surface area (Å²) in [5.74, 6) is -0.594. The van der Waals surface area contributed by atoms with Gasteiger partial charge in [-0.25, -0.2) is 14.6 Å². The minimum atomic E-state index is -0.636. The van der Waals surface area contributed by atoms with E-state index in [2.05, 4.69) is 5.32 Å². The number of hydrogen-bond donors (Lipinski definition) is 1. The molecule has 39 heavy (non-hydrogen) atoms. The van der Waals surface area contributed by atoms with Crippen molar-refractivity contribution in [1.82, 2.24) is 4.98 Å². The van der Waals surface area contributed by atoms with E-state index >= 15 is 0 Å². The van der Waals surface area contributed by atoms with Gasteiger partial charge in [-0.05, 0) is 56.7 Å². The van der Waals surface area contributed by atoms with Crippen LogP contribution in [0.4, 0.5) is 5.00 Å². The number of hydrogen-bond acceptors (Lipinski definition) is 9. The average molecular weight is 549 g/mol. The van der Waals surface area contributed by atoms with E-state index in [0.717, 1.165) is 16.9 Å². The topological polar surface area (TPSA) is 113 Å². The maximum absolute atomic E-state index is 13.7. The number of amides is 1. The van der Waals surface area contributed by atoms with Crippen molar-refractivity contribution in [3.8, 4) is 22.8 Å². The number of benzene rings is 2. The zero-order valence-corrected chi connectivity index (χ0v) is 23.1. The van der Waals surface area contributed by atoms with Gasteiger partial charge in [0.2, 0.25) is 0 Å². The van der Waals surface area contributed by atoms with Gasteiger partial charge in [-0.2, -0.15) is 0 Å². The number of rotatable bonds is 9. The van der Waals surface area contributed by atoms with Crippen molar-refractivity contribution in [2.24, 2.45) is 0 Å². The summed E-state index contributed by atoms with van der Waals surface area (Å²) in [5.41, 5.74) is 2.71. The van der Waals surface area contributed by atoms with Crippen molar-refractivity contribution in [3.05, 3.63) is 70.1 Å². The van der Waals surface area contributed by atoms with Crippen LogP contribution in [0.1, 0.15) is 49.8 Å². The third-order valence-corrected chi connectivity index (χ3v) is 7.14. The molecule has 1 amide bonds. The molecule has 2 aromatic carbocycles. The molecule has 2 heterocycles. The molecule has 0 fully saturated rings. The van der Waals surface area contributed by atoms with E-state index < -0.39 is 17.8 Å². The summed E-state index contributed by atoms with van der Waals surface area (Å²) in [6.45, 7) is 5.32. The second kappa shape index (κ2) is 12.0. The van der Waals surface area contributed by atoms with E-state index in [1.807, 2.05) is 24.3 Å². The number of nitrogens with zero attached hydrogens (tertiary/aromatic N) is 1. The Morgan fingerprint density at radius 2 is 1.59 bits per heavy atom. The molecule has 0 spiro atoms. The highest BCUT2D eigenvalue weighted by Gasteiger charge is 2.28. The molecule has 0 aliphatic rings. The molecule has 9 nitrogen and oxygen atoms in total. The number of methoxy groups -OCH3 is 2.